The average molecular weight is 218 g/mol. The van der Waals surface area contributed by atoms with E-state index in [1.165, 1.54) is 0 Å². The molecule has 0 amide bonds. The summed E-state index contributed by atoms with van der Waals surface area (Å²) >= 11 is 3.26. The zero-order valence-corrected chi connectivity index (χ0v) is 8.78. The number of fused-ring (bicyclic) bond motifs is 3. The van der Waals surface area contributed by atoms with Crippen LogP contribution >= 0.6 is 22.7 Å². The Balaban J connectivity index is 2.45. The lowest BCUT2D eigenvalue weighted by atomic mass is 9.95. The predicted molar refractivity (Wildman–Crippen MR) is 59.5 cm³/mol. The molecule has 0 bridgehead atoms. The van der Waals surface area contributed by atoms with E-state index in [1.54, 1.807) is 22.7 Å². The Bertz CT molecular complexity index is 501. The fourth-order valence-corrected chi connectivity index (χ4v) is 3.93. The van der Waals surface area contributed by atoms with Crippen molar-refractivity contribution in [3.63, 3.8) is 0 Å². The molecule has 0 spiro atoms. The highest BCUT2D eigenvalue weighted by Gasteiger charge is 2.42. The molecule has 0 saturated heterocycles. The molecule has 0 aliphatic heterocycles. The van der Waals surface area contributed by atoms with Crippen LogP contribution in [0.3, 0.4) is 0 Å². The van der Waals surface area contributed by atoms with Gasteiger partial charge < -0.3 is 5.11 Å². The van der Waals surface area contributed by atoms with Gasteiger partial charge in [0, 0.05) is 11.1 Å². The van der Waals surface area contributed by atoms with Gasteiger partial charge in [-0.3, -0.25) is 0 Å². The van der Waals surface area contributed by atoms with Gasteiger partial charge in [0.25, 0.3) is 0 Å². The van der Waals surface area contributed by atoms with Crippen LogP contribution in [0.1, 0.15) is 11.1 Å². The first-order valence-corrected chi connectivity index (χ1v) is 5.90. The molecule has 0 aromatic carbocycles. The van der Waals surface area contributed by atoms with Crippen molar-refractivity contribution in [2.24, 2.45) is 0 Å². The fourth-order valence-electron chi connectivity index (χ4n) is 1.84. The van der Waals surface area contributed by atoms with Crippen molar-refractivity contribution in [3.05, 3.63) is 34.0 Å². The van der Waals surface area contributed by atoms with E-state index in [1.807, 2.05) is 22.9 Å². The van der Waals surface area contributed by atoms with E-state index in [0.29, 0.717) is 0 Å². The molecule has 1 N–H and O–H groups in total. The maximum atomic E-state index is 10.4. The lowest BCUT2D eigenvalue weighted by Crippen LogP contribution is -2.20. The summed E-state index contributed by atoms with van der Waals surface area (Å²) in [6, 6.07) is 3.82. The second-order valence-corrected chi connectivity index (χ2v) is 5.01. The van der Waals surface area contributed by atoms with Gasteiger partial charge in [-0.15, -0.1) is 29.1 Å². The van der Waals surface area contributed by atoms with Crippen LogP contribution < -0.4 is 0 Å². The molecule has 0 fully saturated rings. The molecule has 2 aromatic heterocycles. The molecule has 0 unspecified atom stereocenters. The summed E-state index contributed by atoms with van der Waals surface area (Å²) in [6.45, 7) is 0. The SMILES string of the molecule is C#CC1(O)c2ccsc2-c2sccc21. The van der Waals surface area contributed by atoms with E-state index in [2.05, 4.69) is 5.92 Å². The Kier molecular flexibility index (Phi) is 1.46. The third kappa shape index (κ3) is 0.747. The van der Waals surface area contributed by atoms with E-state index in [0.717, 1.165) is 20.9 Å². The van der Waals surface area contributed by atoms with Crippen LogP contribution in [0.25, 0.3) is 9.75 Å². The van der Waals surface area contributed by atoms with Gasteiger partial charge in [-0.25, -0.2) is 0 Å². The van der Waals surface area contributed by atoms with Crippen molar-refractivity contribution >= 4 is 22.7 Å². The third-order valence-electron chi connectivity index (χ3n) is 2.53. The second-order valence-electron chi connectivity index (χ2n) is 3.18. The molecule has 1 aliphatic carbocycles. The Morgan fingerprint density at radius 1 is 1.14 bits per heavy atom. The molecule has 68 valence electrons. The van der Waals surface area contributed by atoms with E-state index < -0.39 is 5.60 Å². The van der Waals surface area contributed by atoms with Crippen LogP contribution in [0.2, 0.25) is 0 Å². The van der Waals surface area contributed by atoms with Crippen molar-refractivity contribution < 1.29 is 5.11 Å². The van der Waals surface area contributed by atoms with Gasteiger partial charge in [-0.2, -0.15) is 0 Å². The molecule has 0 atom stereocenters. The van der Waals surface area contributed by atoms with Crippen LogP contribution in [-0.4, -0.2) is 5.11 Å². The minimum absolute atomic E-state index is 0.867. The average Bonchev–Trinajstić information content (AvgIpc) is 2.85. The minimum atomic E-state index is -1.19. The highest BCUT2D eigenvalue weighted by atomic mass is 32.1. The summed E-state index contributed by atoms with van der Waals surface area (Å²) in [5.41, 5.74) is 0.545. The molecular formula is C11H6OS2. The standard InChI is InChI=1S/C11H6OS2/c1-2-11(12)7-3-5-13-9(7)10-8(11)4-6-14-10/h1,3-6,12H. The topological polar surface area (TPSA) is 20.2 Å². The number of hydrogen-bond donors (Lipinski definition) is 1. The Morgan fingerprint density at radius 3 is 2.07 bits per heavy atom. The summed E-state index contributed by atoms with van der Waals surface area (Å²) < 4.78 is 0. The van der Waals surface area contributed by atoms with E-state index in [9.17, 15) is 5.11 Å². The molecule has 0 saturated carbocycles. The van der Waals surface area contributed by atoms with Crippen molar-refractivity contribution in [1.29, 1.82) is 0 Å². The van der Waals surface area contributed by atoms with Crippen LogP contribution in [0.15, 0.2) is 22.9 Å². The van der Waals surface area contributed by atoms with Crippen molar-refractivity contribution in [1.82, 2.24) is 0 Å². The largest absolute Gasteiger partial charge is 0.369 e. The van der Waals surface area contributed by atoms with Crippen molar-refractivity contribution in [2.45, 2.75) is 5.60 Å². The summed E-state index contributed by atoms with van der Waals surface area (Å²) in [7, 11) is 0. The first kappa shape index (κ1) is 8.25. The van der Waals surface area contributed by atoms with Gasteiger partial charge in [-0.1, -0.05) is 5.92 Å². The third-order valence-corrected chi connectivity index (χ3v) is 4.52. The monoisotopic (exact) mass is 218 g/mol. The zero-order chi connectivity index (χ0) is 9.76. The van der Waals surface area contributed by atoms with Crippen molar-refractivity contribution in [3.8, 4) is 22.1 Å². The number of rotatable bonds is 0. The molecule has 1 aliphatic rings. The predicted octanol–water partition coefficient (Wildman–Crippen LogP) is 2.66. The lowest BCUT2D eigenvalue weighted by molar-refractivity contribution is 0.151. The molecule has 2 aromatic rings. The summed E-state index contributed by atoms with van der Waals surface area (Å²) in [5, 5.41) is 14.3. The molecular weight excluding hydrogens is 212 g/mol. The Morgan fingerprint density at radius 2 is 1.64 bits per heavy atom. The number of aliphatic hydroxyl groups is 1. The molecule has 14 heavy (non-hydrogen) atoms. The first-order valence-electron chi connectivity index (χ1n) is 4.14. The summed E-state index contributed by atoms with van der Waals surface area (Å²) in [6.07, 6.45) is 5.43. The Hall–Kier alpha value is -1.08. The van der Waals surface area contributed by atoms with Gasteiger partial charge >= 0.3 is 0 Å². The molecule has 2 heterocycles. The smallest absolute Gasteiger partial charge is 0.179 e. The lowest BCUT2D eigenvalue weighted by Gasteiger charge is -2.15. The first-order chi connectivity index (χ1) is 6.77. The maximum Gasteiger partial charge on any atom is 0.179 e. The van der Waals surface area contributed by atoms with Gasteiger partial charge in [-0.05, 0) is 22.9 Å². The highest BCUT2D eigenvalue weighted by Crippen LogP contribution is 2.52. The number of thiophene rings is 2. The zero-order valence-electron chi connectivity index (χ0n) is 7.15. The number of hydrogen-bond acceptors (Lipinski definition) is 3. The van der Waals surface area contributed by atoms with E-state index >= 15 is 0 Å². The molecule has 0 radical (unpaired) electrons. The minimum Gasteiger partial charge on any atom is -0.369 e. The quantitative estimate of drug-likeness (QED) is 0.674. The van der Waals surface area contributed by atoms with Crippen molar-refractivity contribution in [2.75, 3.05) is 0 Å². The molecule has 3 rings (SSSR count). The van der Waals surface area contributed by atoms with Crippen LogP contribution in [0.5, 0.6) is 0 Å². The highest BCUT2D eigenvalue weighted by molar-refractivity contribution is 7.21. The van der Waals surface area contributed by atoms with Crippen LogP contribution in [-0.2, 0) is 5.60 Å². The Labute approximate surface area is 89.7 Å². The van der Waals surface area contributed by atoms with Crippen LogP contribution in [0, 0.1) is 12.3 Å². The fraction of sp³-hybridized carbons (Fsp3) is 0.0909. The normalized spacial score (nSPS) is 16.0. The number of terminal acetylenes is 1. The van der Waals surface area contributed by atoms with Crippen LogP contribution in [0.4, 0.5) is 0 Å². The van der Waals surface area contributed by atoms with Gasteiger partial charge in [0.2, 0.25) is 0 Å². The summed E-state index contributed by atoms with van der Waals surface area (Å²) in [4.78, 5) is 2.24. The van der Waals surface area contributed by atoms with Gasteiger partial charge in [0.05, 0.1) is 9.75 Å². The van der Waals surface area contributed by atoms with E-state index in [4.69, 9.17) is 6.42 Å². The molecule has 1 nitrogen and oxygen atoms in total. The second kappa shape index (κ2) is 2.48. The van der Waals surface area contributed by atoms with Gasteiger partial charge in [0.1, 0.15) is 0 Å². The van der Waals surface area contributed by atoms with Gasteiger partial charge in [0.15, 0.2) is 5.60 Å². The maximum absolute atomic E-state index is 10.4. The summed E-state index contributed by atoms with van der Waals surface area (Å²) in [5.74, 6) is 2.49. The van der Waals surface area contributed by atoms with E-state index in [-0.39, 0.29) is 0 Å². The molecule has 3 heteroatoms.